The van der Waals surface area contributed by atoms with E-state index in [-0.39, 0.29) is 0 Å². The van der Waals surface area contributed by atoms with E-state index in [9.17, 15) is 0 Å². The van der Waals surface area contributed by atoms with Gasteiger partial charge in [-0.25, -0.2) is 0 Å². The van der Waals surface area contributed by atoms with Gasteiger partial charge in [0.05, 0.1) is 16.5 Å². The molecule has 0 atom stereocenters. The van der Waals surface area contributed by atoms with Crippen molar-refractivity contribution in [3.63, 3.8) is 0 Å². The topological polar surface area (TPSA) is 64.9 Å². The molecule has 0 unspecified atom stereocenters. The van der Waals surface area contributed by atoms with Gasteiger partial charge in [0, 0.05) is 5.56 Å². The third-order valence-corrected chi connectivity index (χ3v) is 3.78. The van der Waals surface area contributed by atoms with Crippen molar-refractivity contribution in [2.75, 3.05) is 11.5 Å². The third kappa shape index (κ3) is 3.17. The highest BCUT2D eigenvalue weighted by atomic mass is 35.5. The quantitative estimate of drug-likeness (QED) is 0.671. The van der Waals surface area contributed by atoms with Gasteiger partial charge < -0.3 is 10.3 Å². The molecular formula is C12H14ClN3OS. The smallest absolute Gasteiger partial charge is 0.258 e. The van der Waals surface area contributed by atoms with E-state index in [0.29, 0.717) is 22.4 Å². The molecule has 0 bridgehead atoms. The first kappa shape index (κ1) is 13.2. The van der Waals surface area contributed by atoms with Crippen LogP contribution in [0.15, 0.2) is 22.7 Å². The summed E-state index contributed by atoms with van der Waals surface area (Å²) in [6.45, 7) is 2.14. The summed E-state index contributed by atoms with van der Waals surface area (Å²) in [5, 5.41) is 4.43. The number of anilines is 1. The van der Waals surface area contributed by atoms with Crippen LogP contribution < -0.4 is 5.73 Å². The molecule has 18 heavy (non-hydrogen) atoms. The van der Waals surface area contributed by atoms with Crippen molar-refractivity contribution < 1.29 is 4.52 Å². The van der Waals surface area contributed by atoms with Crippen LogP contribution in [-0.4, -0.2) is 15.9 Å². The van der Waals surface area contributed by atoms with Gasteiger partial charge in [0.2, 0.25) is 0 Å². The zero-order chi connectivity index (χ0) is 13.0. The fourth-order valence-electron chi connectivity index (χ4n) is 1.40. The van der Waals surface area contributed by atoms with Crippen LogP contribution in [0, 0.1) is 0 Å². The van der Waals surface area contributed by atoms with Gasteiger partial charge >= 0.3 is 0 Å². The molecule has 1 aromatic heterocycles. The maximum atomic E-state index is 5.95. The van der Waals surface area contributed by atoms with Crippen molar-refractivity contribution >= 4 is 29.1 Å². The molecule has 0 saturated carbocycles. The van der Waals surface area contributed by atoms with Crippen molar-refractivity contribution in [2.24, 2.45) is 0 Å². The van der Waals surface area contributed by atoms with Crippen LogP contribution in [-0.2, 0) is 5.75 Å². The van der Waals surface area contributed by atoms with E-state index in [4.69, 9.17) is 21.9 Å². The highest BCUT2D eigenvalue weighted by Gasteiger charge is 2.10. The molecule has 0 amide bonds. The van der Waals surface area contributed by atoms with Gasteiger partial charge in [-0.3, -0.25) is 0 Å². The van der Waals surface area contributed by atoms with E-state index < -0.39 is 0 Å². The van der Waals surface area contributed by atoms with E-state index in [1.165, 1.54) is 0 Å². The van der Waals surface area contributed by atoms with Crippen molar-refractivity contribution in [1.29, 1.82) is 0 Å². The molecule has 1 heterocycles. The minimum absolute atomic E-state index is 0.476. The molecule has 96 valence electrons. The second kappa shape index (κ2) is 6.11. The van der Waals surface area contributed by atoms with E-state index in [1.807, 2.05) is 6.07 Å². The van der Waals surface area contributed by atoms with Crippen LogP contribution >= 0.6 is 23.4 Å². The number of benzene rings is 1. The number of halogens is 1. The normalized spacial score (nSPS) is 10.8. The molecule has 2 rings (SSSR count). The van der Waals surface area contributed by atoms with Crippen LogP contribution in [0.3, 0.4) is 0 Å². The summed E-state index contributed by atoms with van der Waals surface area (Å²) in [7, 11) is 0. The number of thioether (sulfide) groups is 1. The zero-order valence-electron chi connectivity index (χ0n) is 10.0. The second-order valence-corrected chi connectivity index (χ2v) is 5.32. The molecule has 2 aromatic rings. The lowest BCUT2D eigenvalue weighted by Gasteiger charge is -1.98. The molecular weight excluding hydrogens is 270 g/mol. The Labute approximate surface area is 115 Å². The first-order chi connectivity index (χ1) is 8.70. The monoisotopic (exact) mass is 283 g/mol. The lowest BCUT2D eigenvalue weighted by molar-refractivity contribution is 0.425. The van der Waals surface area contributed by atoms with E-state index in [1.54, 1.807) is 23.9 Å². The number of hydrogen-bond acceptors (Lipinski definition) is 5. The van der Waals surface area contributed by atoms with Crippen molar-refractivity contribution in [1.82, 2.24) is 10.1 Å². The van der Waals surface area contributed by atoms with Crippen molar-refractivity contribution in [3.05, 3.63) is 29.0 Å². The summed E-state index contributed by atoms with van der Waals surface area (Å²) in [4.78, 5) is 4.33. The van der Waals surface area contributed by atoms with Gasteiger partial charge in [-0.15, -0.1) is 0 Å². The summed E-state index contributed by atoms with van der Waals surface area (Å²) in [6, 6.07) is 5.28. The number of nitrogens with two attached hydrogens (primary N) is 1. The lowest BCUT2D eigenvalue weighted by Crippen LogP contribution is -1.87. The maximum Gasteiger partial charge on any atom is 0.258 e. The standard InChI is InChI=1S/C12H14ClN3OS/c1-2-5-18-7-11-15-12(17-16-11)8-3-4-10(14)9(13)6-8/h3-4,6H,2,5,7,14H2,1H3. The van der Waals surface area contributed by atoms with Crippen LogP contribution in [0.4, 0.5) is 5.69 Å². The summed E-state index contributed by atoms with van der Waals surface area (Å²) in [6.07, 6.45) is 1.14. The third-order valence-electron chi connectivity index (χ3n) is 2.30. The number of aromatic nitrogens is 2. The molecule has 4 nitrogen and oxygen atoms in total. The van der Waals surface area contributed by atoms with Gasteiger partial charge in [0.1, 0.15) is 0 Å². The highest BCUT2D eigenvalue weighted by Crippen LogP contribution is 2.26. The molecule has 0 radical (unpaired) electrons. The summed E-state index contributed by atoms with van der Waals surface area (Å²) in [5.74, 6) is 3.04. The molecule has 0 fully saturated rings. The Kier molecular flexibility index (Phi) is 4.49. The van der Waals surface area contributed by atoms with Crippen LogP contribution in [0.25, 0.3) is 11.5 Å². The average Bonchev–Trinajstić information content (AvgIpc) is 2.82. The van der Waals surface area contributed by atoms with Crippen molar-refractivity contribution in [3.8, 4) is 11.5 Å². The Morgan fingerprint density at radius 3 is 3.00 bits per heavy atom. The van der Waals surface area contributed by atoms with Gasteiger partial charge in [0.25, 0.3) is 5.89 Å². The fourth-order valence-corrected chi connectivity index (χ4v) is 2.31. The Bertz CT molecular complexity index is 530. The second-order valence-electron chi connectivity index (χ2n) is 3.80. The predicted octanol–water partition coefficient (Wildman–Crippen LogP) is 3.62. The predicted molar refractivity (Wildman–Crippen MR) is 75.6 cm³/mol. The Morgan fingerprint density at radius 2 is 2.28 bits per heavy atom. The molecule has 0 aliphatic rings. The summed E-state index contributed by atoms with van der Waals surface area (Å²) < 4.78 is 5.20. The van der Waals surface area contributed by atoms with E-state index >= 15 is 0 Å². The largest absolute Gasteiger partial charge is 0.398 e. The Balaban J connectivity index is 2.11. The van der Waals surface area contributed by atoms with Crippen molar-refractivity contribution in [2.45, 2.75) is 19.1 Å². The summed E-state index contributed by atoms with van der Waals surface area (Å²) in [5.41, 5.74) is 6.98. The molecule has 0 aliphatic carbocycles. The lowest BCUT2D eigenvalue weighted by atomic mass is 10.2. The Hall–Kier alpha value is -1.20. The molecule has 1 aromatic carbocycles. The maximum absolute atomic E-state index is 5.95. The van der Waals surface area contributed by atoms with Gasteiger partial charge in [-0.1, -0.05) is 23.7 Å². The Morgan fingerprint density at radius 1 is 1.44 bits per heavy atom. The van der Waals surface area contributed by atoms with E-state index in [0.717, 1.165) is 23.5 Å². The number of rotatable bonds is 5. The SMILES string of the molecule is CCCSCc1noc(-c2ccc(N)c(Cl)c2)n1. The zero-order valence-corrected chi connectivity index (χ0v) is 11.6. The van der Waals surface area contributed by atoms with Crippen LogP contribution in [0.2, 0.25) is 5.02 Å². The molecule has 0 aliphatic heterocycles. The van der Waals surface area contributed by atoms with E-state index in [2.05, 4.69) is 17.1 Å². The van der Waals surface area contributed by atoms with Gasteiger partial charge in [0.15, 0.2) is 5.82 Å². The number of nitrogen functional groups attached to an aromatic ring is 1. The fraction of sp³-hybridized carbons (Fsp3) is 0.333. The minimum atomic E-state index is 0.476. The van der Waals surface area contributed by atoms with Gasteiger partial charge in [-0.2, -0.15) is 16.7 Å². The first-order valence-electron chi connectivity index (χ1n) is 5.66. The number of nitrogens with zero attached hydrogens (tertiary/aromatic N) is 2. The van der Waals surface area contributed by atoms with Crippen LogP contribution in [0.5, 0.6) is 0 Å². The number of hydrogen-bond donors (Lipinski definition) is 1. The molecule has 0 saturated heterocycles. The average molecular weight is 284 g/mol. The molecule has 2 N–H and O–H groups in total. The molecule has 0 spiro atoms. The first-order valence-corrected chi connectivity index (χ1v) is 7.19. The van der Waals surface area contributed by atoms with Crippen LogP contribution in [0.1, 0.15) is 19.2 Å². The van der Waals surface area contributed by atoms with Gasteiger partial charge in [-0.05, 0) is 30.4 Å². The summed E-state index contributed by atoms with van der Waals surface area (Å²) >= 11 is 7.74. The molecule has 6 heteroatoms. The highest BCUT2D eigenvalue weighted by molar-refractivity contribution is 7.98. The minimum Gasteiger partial charge on any atom is -0.398 e.